The summed E-state index contributed by atoms with van der Waals surface area (Å²) in [5.74, 6) is 0. The van der Waals surface area contributed by atoms with Crippen molar-refractivity contribution in [3.05, 3.63) is 0 Å². The van der Waals surface area contributed by atoms with Gasteiger partial charge >= 0.3 is 37.7 Å². The Morgan fingerprint density at radius 2 is 1.00 bits per heavy atom. The van der Waals surface area contributed by atoms with Crippen LogP contribution >= 0.6 is 0 Å². The second-order valence-corrected chi connectivity index (χ2v) is 4.41. The van der Waals surface area contributed by atoms with Crippen LogP contribution in [-0.4, -0.2) is 79.7 Å². The van der Waals surface area contributed by atoms with Gasteiger partial charge in [-0.05, 0) is 0 Å². The van der Waals surface area contributed by atoms with Crippen molar-refractivity contribution in [1.82, 2.24) is 0 Å². The van der Waals surface area contributed by atoms with E-state index < -0.39 is 25.3 Å². The van der Waals surface area contributed by atoms with Gasteiger partial charge in [-0.25, -0.2) is 16.8 Å². The smallest absolute Gasteiger partial charge is 0.747 e. The second kappa shape index (κ2) is 7.41. The maximum absolute atomic E-state index is 9.51. The van der Waals surface area contributed by atoms with Crippen molar-refractivity contribution in [3.63, 3.8) is 0 Å². The van der Waals surface area contributed by atoms with Crippen LogP contribution in [0.25, 0.3) is 0 Å². The van der Waals surface area contributed by atoms with Gasteiger partial charge in [-0.2, -0.15) is 0 Å². The molecular weight excluding hydrogens is 244 g/mol. The van der Waals surface area contributed by atoms with E-state index in [0.29, 0.717) is 0 Å². The van der Waals surface area contributed by atoms with Crippen molar-refractivity contribution in [2.24, 2.45) is 0 Å². The molecule has 0 atom stereocenters. The van der Waals surface area contributed by atoms with E-state index in [9.17, 15) is 25.9 Å². The molecule has 0 aliphatic carbocycles. The third kappa shape index (κ3) is 22.4. The predicted molar refractivity (Wildman–Crippen MR) is 37.2 cm³/mol. The van der Waals surface area contributed by atoms with Gasteiger partial charge in [0, 0.05) is 0 Å². The van der Waals surface area contributed by atoms with Crippen molar-refractivity contribution in [2.75, 3.05) is 5.08 Å². The normalized spacial score (nSPS) is 10.2. The van der Waals surface area contributed by atoms with Crippen molar-refractivity contribution >= 4 is 58.0 Å². The van der Waals surface area contributed by atoms with Crippen LogP contribution < -0.4 is 0 Å². The fourth-order valence-corrected chi connectivity index (χ4v) is 1.59. The number of rotatable bonds is 2. The summed E-state index contributed by atoms with van der Waals surface area (Å²) in [6, 6.07) is 0. The van der Waals surface area contributed by atoms with E-state index in [4.69, 9.17) is 0 Å². The summed E-state index contributed by atoms with van der Waals surface area (Å²) in [5.41, 5.74) is 0. The Labute approximate surface area is 99.1 Å². The third-order valence-corrected chi connectivity index (χ3v) is 2.60. The van der Waals surface area contributed by atoms with Gasteiger partial charge in [0.25, 0.3) is 0 Å². The van der Waals surface area contributed by atoms with E-state index in [1.54, 1.807) is 0 Å². The molecule has 0 aromatic carbocycles. The van der Waals surface area contributed by atoms with Crippen LogP contribution in [0.5, 0.6) is 0 Å². The Balaban J connectivity index is -0.000000107. The molecular formula is CH6CaO8S2. The molecule has 0 unspecified atom stereocenters. The van der Waals surface area contributed by atoms with Gasteiger partial charge in [0.15, 0.2) is 0 Å². The van der Waals surface area contributed by atoms with Gasteiger partial charge in [-0.3, -0.25) is 0 Å². The largest absolute Gasteiger partial charge is 2.00 e. The molecule has 0 saturated carbocycles. The minimum Gasteiger partial charge on any atom is -0.747 e. The van der Waals surface area contributed by atoms with Crippen molar-refractivity contribution in [3.8, 4) is 0 Å². The van der Waals surface area contributed by atoms with Gasteiger partial charge < -0.3 is 20.1 Å². The molecule has 0 radical (unpaired) electrons. The predicted octanol–water partition coefficient (Wildman–Crippen LogP) is -4.00. The second-order valence-electron chi connectivity index (χ2n) is 1.23. The van der Waals surface area contributed by atoms with E-state index in [1.165, 1.54) is 0 Å². The average Bonchev–Trinajstić information content (AvgIpc) is 1.14. The summed E-state index contributed by atoms with van der Waals surface area (Å²) in [6.07, 6.45) is 0. The van der Waals surface area contributed by atoms with Crippen molar-refractivity contribution < 1.29 is 36.9 Å². The fourth-order valence-electron chi connectivity index (χ4n) is 0.177. The maximum Gasteiger partial charge on any atom is 2.00 e. The summed E-state index contributed by atoms with van der Waals surface area (Å²) in [4.78, 5) is 0. The number of hydrogen-bond acceptors (Lipinski definition) is 6. The molecule has 0 aromatic heterocycles. The van der Waals surface area contributed by atoms with E-state index in [-0.39, 0.29) is 48.7 Å². The minimum atomic E-state index is -4.93. The first-order valence-electron chi connectivity index (χ1n) is 1.58. The fraction of sp³-hybridized carbons (Fsp3) is 1.00. The Bertz CT molecular complexity index is 242. The molecule has 0 heterocycles. The van der Waals surface area contributed by atoms with Crippen LogP contribution in [0.15, 0.2) is 0 Å². The molecule has 0 spiro atoms. The molecule has 72 valence electrons. The van der Waals surface area contributed by atoms with Gasteiger partial charge in [-0.1, -0.05) is 0 Å². The summed E-state index contributed by atoms with van der Waals surface area (Å²) < 4.78 is 57.1. The first-order chi connectivity index (χ1) is 3.71. The molecule has 0 amide bonds. The standard InChI is InChI=1S/CH4O6S2.Ca.2H2O/c2-8(3,4)1-9(5,6)7;;;/h1H2,(H,2,3,4)(H,5,6,7);;2*1H2/q;+2;;/p-2. The first-order valence-corrected chi connectivity index (χ1v) is 4.73. The van der Waals surface area contributed by atoms with Gasteiger partial charge in [0.05, 0.1) is 0 Å². The molecule has 11 heteroatoms. The molecule has 8 nitrogen and oxygen atoms in total. The van der Waals surface area contributed by atoms with E-state index in [2.05, 4.69) is 0 Å². The zero-order valence-corrected chi connectivity index (χ0v) is 9.52. The monoisotopic (exact) mass is 250 g/mol. The molecule has 0 aliphatic heterocycles. The van der Waals surface area contributed by atoms with Crippen molar-refractivity contribution in [2.45, 2.75) is 0 Å². The molecule has 0 saturated heterocycles. The Kier molecular flexibility index (Phi) is 14.3. The van der Waals surface area contributed by atoms with Gasteiger partial charge in [-0.15, -0.1) is 0 Å². The first kappa shape index (κ1) is 23.1. The van der Waals surface area contributed by atoms with Gasteiger partial charge in [0.1, 0.15) is 25.3 Å². The van der Waals surface area contributed by atoms with Crippen molar-refractivity contribution in [1.29, 1.82) is 0 Å². The Hall–Kier alpha value is 1.000. The third-order valence-electron chi connectivity index (χ3n) is 0.289. The molecule has 0 bridgehead atoms. The number of hydrogen-bond donors (Lipinski definition) is 0. The topological polar surface area (TPSA) is 177 Å². The van der Waals surface area contributed by atoms with Gasteiger partial charge in [0.2, 0.25) is 0 Å². The van der Waals surface area contributed by atoms with Crippen LogP contribution in [0.1, 0.15) is 0 Å². The molecule has 0 aromatic rings. The molecule has 0 fully saturated rings. The van der Waals surface area contributed by atoms with Crippen LogP contribution in [0.3, 0.4) is 0 Å². The average molecular weight is 250 g/mol. The van der Waals surface area contributed by atoms with E-state index in [1.807, 2.05) is 0 Å². The zero-order valence-electron chi connectivity index (χ0n) is 5.68. The molecule has 0 rings (SSSR count). The molecule has 0 aliphatic rings. The maximum atomic E-state index is 9.51. The summed E-state index contributed by atoms with van der Waals surface area (Å²) >= 11 is 0. The SMILES string of the molecule is O.O.O=S(=O)([O-])CS(=O)(=O)[O-].[Ca+2]. The zero-order chi connectivity index (χ0) is 7.71. The Morgan fingerprint density at radius 3 is 1.00 bits per heavy atom. The van der Waals surface area contributed by atoms with Crippen LogP contribution in [0.4, 0.5) is 0 Å². The van der Waals surface area contributed by atoms with Crippen LogP contribution in [-0.2, 0) is 20.2 Å². The summed E-state index contributed by atoms with van der Waals surface area (Å²) in [7, 11) is -9.86. The summed E-state index contributed by atoms with van der Waals surface area (Å²) in [5, 5.41) is -1.88. The van der Waals surface area contributed by atoms with E-state index in [0.717, 1.165) is 0 Å². The molecule has 12 heavy (non-hydrogen) atoms. The molecule has 4 N–H and O–H groups in total. The van der Waals surface area contributed by atoms with Crippen LogP contribution in [0, 0.1) is 0 Å². The van der Waals surface area contributed by atoms with Crippen LogP contribution in [0.2, 0.25) is 0 Å². The Morgan fingerprint density at radius 1 is 0.833 bits per heavy atom. The van der Waals surface area contributed by atoms with E-state index >= 15 is 0 Å². The quantitative estimate of drug-likeness (QED) is 0.356. The summed E-state index contributed by atoms with van der Waals surface area (Å²) in [6.45, 7) is 0. The minimum absolute atomic E-state index is 0.